The molecule has 1 aromatic heterocycles. The molecule has 92 valence electrons. The van der Waals surface area contributed by atoms with Crippen molar-refractivity contribution >= 4 is 5.69 Å². The number of nitroso groups, excluding NO2 is 1. The molecule has 18 heavy (non-hydrogen) atoms. The molecule has 1 heterocycles. The summed E-state index contributed by atoms with van der Waals surface area (Å²) in [6.07, 6.45) is 3.44. The lowest BCUT2D eigenvalue weighted by Crippen LogP contribution is -1.98. The van der Waals surface area contributed by atoms with Crippen LogP contribution in [-0.4, -0.2) is 4.98 Å². The van der Waals surface area contributed by atoms with E-state index in [1.54, 1.807) is 12.4 Å². The minimum Gasteiger partial charge on any atom is -0.486 e. The van der Waals surface area contributed by atoms with Crippen molar-refractivity contribution in [3.05, 3.63) is 58.3 Å². The summed E-state index contributed by atoms with van der Waals surface area (Å²) in [5.41, 5.74) is 3.05. The molecule has 0 aliphatic heterocycles. The van der Waals surface area contributed by atoms with Gasteiger partial charge in [0.2, 0.25) is 0 Å². The highest BCUT2D eigenvalue weighted by molar-refractivity contribution is 5.60. The van der Waals surface area contributed by atoms with Crippen LogP contribution in [-0.2, 0) is 6.61 Å². The Morgan fingerprint density at radius 1 is 1.22 bits per heavy atom. The molecule has 1 aromatic carbocycles. The van der Waals surface area contributed by atoms with E-state index in [4.69, 9.17) is 4.74 Å². The van der Waals surface area contributed by atoms with Crippen LogP contribution in [0.25, 0.3) is 0 Å². The van der Waals surface area contributed by atoms with Crippen LogP contribution in [0.1, 0.15) is 16.7 Å². The third kappa shape index (κ3) is 2.53. The minimum atomic E-state index is 0.374. The van der Waals surface area contributed by atoms with Gasteiger partial charge in [-0.3, -0.25) is 4.98 Å². The average Bonchev–Trinajstić information content (AvgIpc) is 2.41. The van der Waals surface area contributed by atoms with Crippen molar-refractivity contribution in [1.82, 2.24) is 4.98 Å². The predicted octanol–water partition coefficient (Wildman–Crippen LogP) is 3.68. The largest absolute Gasteiger partial charge is 0.486 e. The number of benzene rings is 1. The van der Waals surface area contributed by atoms with Gasteiger partial charge in [-0.25, -0.2) is 0 Å². The van der Waals surface area contributed by atoms with Gasteiger partial charge in [-0.15, -0.1) is 4.91 Å². The van der Waals surface area contributed by atoms with Gasteiger partial charge in [0, 0.05) is 18.0 Å². The van der Waals surface area contributed by atoms with Crippen LogP contribution in [0.4, 0.5) is 5.69 Å². The second kappa shape index (κ2) is 5.40. The summed E-state index contributed by atoms with van der Waals surface area (Å²) in [6.45, 7) is 4.11. The van der Waals surface area contributed by atoms with Crippen LogP contribution < -0.4 is 4.74 Å². The molecule has 4 heteroatoms. The van der Waals surface area contributed by atoms with Crippen molar-refractivity contribution in [2.24, 2.45) is 5.18 Å². The summed E-state index contributed by atoms with van der Waals surface area (Å²) >= 11 is 0. The van der Waals surface area contributed by atoms with E-state index < -0.39 is 0 Å². The third-order valence-corrected chi connectivity index (χ3v) is 2.73. The fraction of sp³-hybridized carbons (Fsp3) is 0.214. The highest BCUT2D eigenvalue weighted by atomic mass is 16.5. The van der Waals surface area contributed by atoms with E-state index in [1.165, 1.54) is 0 Å². The van der Waals surface area contributed by atoms with Crippen molar-refractivity contribution in [2.75, 3.05) is 0 Å². The lowest BCUT2D eigenvalue weighted by molar-refractivity contribution is 0.304. The summed E-state index contributed by atoms with van der Waals surface area (Å²) < 4.78 is 5.69. The number of ether oxygens (including phenoxy) is 1. The highest BCUT2D eigenvalue weighted by Gasteiger charge is 2.11. The van der Waals surface area contributed by atoms with Crippen LogP contribution in [0, 0.1) is 18.8 Å². The molecule has 0 bridgehead atoms. The van der Waals surface area contributed by atoms with Gasteiger partial charge in [0.1, 0.15) is 6.61 Å². The van der Waals surface area contributed by atoms with Crippen LogP contribution in [0.15, 0.2) is 41.8 Å². The Kier molecular flexibility index (Phi) is 3.67. The lowest BCUT2D eigenvalue weighted by atomic mass is 10.1. The van der Waals surface area contributed by atoms with E-state index in [2.05, 4.69) is 10.2 Å². The van der Waals surface area contributed by atoms with Crippen LogP contribution in [0.3, 0.4) is 0 Å². The topological polar surface area (TPSA) is 51.6 Å². The predicted molar refractivity (Wildman–Crippen MR) is 69.9 cm³/mol. The van der Waals surface area contributed by atoms with Crippen molar-refractivity contribution in [1.29, 1.82) is 0 Å². The second-order valence-corrected chi connectivity index (χ2v) is 4.12. The molecule has 0 N–H and O–H groups in total. The molecule has 0 saturated heterocycles. The Morgan fingerprint density at radius 3 is 2.67 bits per heavy atom. The van der Waals surface area contributed by atoms with Gasteiger partial charge in [-0.05, 0) is 36.2 Å². The zero-order chi connectivity index (χ0) is 13.0. The van der Waals surface area contributed by atoms with Crippen LogP contribution >= 0.6 is 0 Å². The number of pyridine rings is 1. The van der Waals surface area contributed by atoms with Gasteiger partial charge in [0.15, 0.2) is 11.4 Å². The van der Waals surface area contributed by atoms with E-state index >= 15 is 0 Å². The highest BCUT2D eigenvalue weighted by Crippen LogP contribution is 2.34. The maximum absolute atomic E-state index is 10.9. The molecule has 0 aliphatic carbocycles. The molecule has 4 nitrogen and oxygen atoms in total. The fourth-order valence-electron chi connectivity index (χ4n) is 1.71. The molecule has 0 fully saturated rings. The quantitative estimate of drug-likeness (QED) is 0.768. The molecule has 0 amide bonds. The number of hydrogen-bond donors (Lipinski definition) is 0. The first-order valence-corrected chi connectivity index (χ1v) is 5.67. The zero-order valence-corrected chi connectivity index (χ0v) is 10.4. The Labute approximate surface area is 106 Å². The average molecular weight is 242 g/mol. The van der Waals surface area contributed by atoms with Gasteiger partial charge in [0.25, 0.3) is 0 Å². The maximum Gasteiger partial charge on any atom is 0.153 e. The number of aryl methyl sites for hydroxylation is 2. The minimum absolute atomic E-state index is 0.374. The molecule has 0 aliphatic rings. The number of hydrogen-bond acceptors (Lipinski definition) is 4. The molecule has 0 unspecified atom stereocenters. The second-order valence-electron chi connectivity index (χ2n) is 4.12. The molecule has 0 saturated carbocycles. The summed E-state index contributed by atoms with van der Waals surface area (Å²) in [4.78, 5) is 14.9. The standard InChI is InChI=1S/C14H14N2O2/c1-10-5-6-11(2)14(13(10)16-17)18-9-12-4-3-7-15-8-12/h3-8H,9H2,1-2H3. The number of nitrogens with zero attached hydrogens (tertiary/aromatic N) is 2. The molecule has 0 spiro atoms. The first-order valence-electron chi connectivity index (χ1n) is 5.67. The van der Waals surface area contributed by atoms with Crippen molar-refractivity contribution < 1.29 is 4.74 Å². The maximum atomic E-state index is 10.9. The molecule has 0 radical (unpaired) electrons. The lowest BCUT2D eigenvalue weighted by Gasteiger charge is -2.11. The van der Waals surface area contributed by atoms with Gasteiger partial charge in [-0.1, -0.05) is 18.2 Å². The van der Waals surface area contributed by atoms with E-state index in [-0.39, 0.29) is 0 Å². The van der Waals surface area contributed by atoms with Gasteiger partial charge in [-0.2, -0.15) is 0 Å². The smallest absolute Gasteiger partial charge is 0.153 e. The zero-order valence-electron chi connectivity index (χ0n) is 10.4. The SMILES string of the molecule is Cc1ccc(C)c(OCc2cccnc2)c1N=O. The normalized spacial score (nSPS) is 10.1. The summed E-state index contributed by atoms with van der Waals surface area (Å²) in [5.74, 6) is 0.550. The van der Waals surface area contributed by atoms with E-state index in [0.717, 1.165) is 16.7 Å². The van der Waals surface area contributed by atoms with E-state index in [1.807, 2.05) is 38.1 Å². The van der Waals surface area contributed by atoms with Gasteiger partial charge in [0.05, 0.1) is 0 Å². The molecule has 2 rings (SSSR count). The summed E-state index contributed by atoms with van der Waals surface area (Å²) in [5, 5.41) is 3.05. The van der Waals surface area contributed by atoms with E-state index in [0.29, 0.717) is 18.0 Å². The van der Waals surface area contributed by atoms with Crippen molar-refractivity contribution in [3.63, 3.8) is 0 Å². The first kappa shape index (κ1) is 12.2. The number of rotatable bonds is 4. The molecule has 0 atom stereocenters. The fourth-order valence-corrected chi connectivity index (χ4v) is 1.71. The molecular formula is C14H14N2O2. The Balaban J connectivity index is 2.24. The molecule has 2 aromatic rings. The Hall–Kier alpha value is -2.23. The summed E-state index contributed by atoms with van der Waals surface area (Å²) in [7, 11) is 0. The third-order valence-electron chi connectivity index (χ3n) is 2.73. The van der Waals surface area contributed by atoms with Crippen molar-refractivity contribution in [3.8, 4) is 5.75 Å². The Morgan fingerprint density at radius 2 is 2.00 bits per heavy atom. The summed E-state index contributed by atoms with van der Waals surface area (Å²) in [6, 6.07) is 7.55. The van der Waals surface area contributed by atoms with Gasteiger partial charge >= 0.3 is 0 Å². The Bertz CT molecular complexity index is 553. The van der Waals surface area contributed by atoms with Crippen LogP contribution in [0.2, 0.25) is 0 Å². The van der Waals surface area contributed by atoms with Crippen LogP contribution in [0.5, 0.6) is 5.75 Å². The molecular weight excluding hydrogens is 228 g/mol. The first-order chi connectivity index (χ1) is 8.72. The van der Waals surface area contributed by atoms with E-state index in [9.17, 15) is 4.91 Å². The van der Waals surface area contributed by atoms with Crippen molar-refractivity contribution in [2.45, 2.75) is 20.5 Å². The number of aromatic nitrogens is 1. The monoisotopic (exact) mass is 242 g/mol. The van der Waals surface area contributed by atoms with Gasteiger partial charge < -0.3 is 4.74 Å².